The number of likely N-dealkylation sites (N-methyl/N-ethyl adjacent to an activating group) is 1. The summed E-state index contributed by atoms with van der Waals surface area (Å²) in [6, 6.07) is 10.6. The number of piperazine rings is 1. The summed E-state index contributed by atoms with van der Waals surface area (Å²) in [7, 11) is 2.02. The van der Waals surface area contributed by atoms with Crippen molar-refractivity contribution in [1.29, 1.82) is 0 Å². The van der Waals surface area contributed by atoms with Crippen molar-refractivity contribution in [3.8, 4) is 11.6 Å². The van der Waals surface area contributed by atoms with Crippen molar-refractivity contribution in [3.05, 3.63) is 77.5 Å². The Hall–Kier alpha value is -3.67. The first-order valence-corrected chi connectivity index (χ1v) is 12.1. The van der Waals surface area contributed by atoms with Crippen molar-refractivity contribution < 1.29 is 22.7 Å². The van der Waals surface area contributed by atoms with Crippen LogP contribution in [-0.4, -0.2) is 58.9 Å². The molecule has 1 amide bonds. The maximum absolute atomic E-state index is 14.0. The number of ether oxygens (including phenoxy) is 1. The van der Waals surface area contributed by atoms with Gasteiger partial charge in [-0.15, -0.1) is 0 Å². The Bertz CT molecular complexity index is 1310. The highest BCUT2D eigenvalue weighted by Gasteiger charge is 2.34. The number of carbonyl (C=O) groups is 1. The molecule has 1 aliphatic rings. The van der Waals surface area contributed by atoms with Crippen LogP contribution in [0.5, 0.6) is 11.6 Å². The number of amides is 1. The molecule has 1 fully saturated rings. The zero-order chi connectivity index (χ0) is 27.3. The summed E-state index contributed by atoms with van der Waals surface area (Å²) in [5.74, 6) is -0.305. The molecule has 2 heterocycles. The van der Waals surface area contributed by atoms with Gasteiger partial charge in [-0.3, -0.25) is 9.69 Å². The van der Waals surface area contributed by atoms with E-state index in [-0.39, 0.29) is 22.5 Å². The first kappa shape index (κ1) is 27.4. The van der Waals surface area contributed by atoms with Crippen LogP contribution in [0.4, 0.5) is 30.5 Å². The fourth-order valence-electron chi connectivity index (χ4n) is 3.84. The minimum atomic E-state index is -4.59. The highest BCUT2D eigenvalue weighted by atomic mass is 35.5. The molecule has 0 atom stereocenters. The Balaban J connectivity index is 1.53. The van der Waals surface area contributed by atoms with E-state index in [1.165, 1.54) is 18.3 Å². The molecule has 0 unspecified atom stereocenters. The van der Waals surface area contributed by atoms with Crippen LogP contribution in [0.25, 0.3) is 0 Å². The third kappa shape index (κ3) is 7.21. The van der Waals surface area contributed by atoms with Gasteiger partial charge < -0.3 is 20.3 Å². The lowest BCUT2D eigenvalue weighted by Crippen LogP contribution is -2.43. The molecule has 200 valence electrons. The van der Waals surface area contributed by atoms with Crippen LogP contribution in [0.3, 0.4) is 0 Å². The number of hydrogen-bond donors (Lipinski definition) is 2. The lowest BCUT2D eigenvalue weighted by Gasteiger charge is -2.32. The molecule has 0 saturated carbocycles. The predicted molar refractivity (Wildman–Crippen MR) is 140 cm³/mol. The van der Waals surface area contributed by atoms with Gasteiger partial charge in [0.2, 0.25) is 17.7 Å². The average Bonchev–Trinajstić information content (AvgIpc) is 2.88. The van der Waals surface area contributed by atoms with Gasteiger partial charge in [0.15, 0.2) is 0 Å². The van der Waals surface area contributed by atoms with E-state index in [1.54, 1.807) is 24.3 Å². The van der Waals surface area contributed by atoms with E-state index in [0.29, 0.717) is 23.5 Å². The summed E-state index contributed by atoms with van der Waals surface area (Å²) in [6.07, 6.45) is -2.24. The fraction of sp³-hybridized carbons (Fsp3) is 0.269. The lowest BCUT2D eigenvalue weighted by atomic mass is 10.1. The summed E-state index contributed by atoms with van der Waals surface area (Å²) < 4.78 is 47.6. The summed E-state index contributed by atoms with van der Waals surface area (Å²) in [4.78, 5) is 24.0. The maximum atomic E-state index is 14.0. The second-order valence-electron chi connectivity index (χ2n) is 8.75. The van der Waals surface area contributed by atoms with E-state index in [0.717, 1.165) is 38.3 Å². The van der Waals surface area contributed by atoms with E-state index in [9.17, 15) is 18.0 Å². The maximum Gasteiger partial charge on any atom is 0.418 e. The molecule has 0 radical (unpaired) electrons. The molecule has 1 saturated heterocycles. The molecular weight excluding hydrogens is 521 g/mol. The molecule has 0 aliphatic carbocycles. The number of aromatic nitrogens is 2. The molecular formula is C26H26ClF3N6O2. The molecule has 12 heteroatoms. The monoisotopic (exact) mass is 546 g/mol. The number of alkyl halides is 3. The van der Waals surface area contributed by atoms with Crippen molar-refractivity contribution in [1.82, 2.24) is 19.8 Å². The van der Waals surface area contributed by atoms with Crippen molar-refractivity contribution in [2.24, 2.45) is 0 Å². The number of nitrogens with zero attached hydrogens (tertiary/aromatic N) is 4. The Kier molecular flexibility index (Phi) is 8.50. The van der Waals surface area contributed by atoms with Crippen LogP contribution in [0, 0.1) is 0 Å². The van der Waals surface area contributed by atoms with E-state index < -0.39 is 17.6 Å². The van der Waals surface area contributed by atoms with Crippen LogP contribution in [-0.2, 0) is 17.5 Å². The number of hydrogen-bond acceptors (Lipinski definition) is 7. The lowest BCUT2D eigenvalue weighted by molar-refractivity contribution is -0.137. The molecule has 2 N–H and O–H groups in total. The molecule has 0 spiro atoms. The van der Waals surface area contributed by atoms with Crippen LogP contribution in [0.15, 0.2) is 61.3 Å². The zero-order valence-corrected chi connectivity index (χ0v) is 21.3. The van der Waals surface area contributed by atoms with Gasteiger partial charge in [0, 0.05) is 44.5 Å². The van der Waals surface area contributed by atoms with E-state index in [4.69, 9.17) is 16.3 Å². The van der Waals surface area contributed by atoms with Gasteiger partial charge in [-0.25, -0.2) is 4.98 Å². The van der Waals surface area contributed by atoms with Crippen LogP contribution in [0.2, 0.25) is 5.02 Å². The number of halogens is 4. The minimum Gasteiger partial charge on any atom is -0.437 e. The molecule has 0 bridgehead atoms. The van der Waals surface area contributed by atoms with E-state index >= 15 is 0 Å². The number of anilines is 3. The van der Waals surface area contributed by atoms with Crippen LogP contribution < -0.4 is 15.4 Å². The molecule has 1 aliphatic heterocycles. The Morgan fingerprint density at radius 1 is 1.18 bits per heavy atom. The molecule has 1 aromatic heterocycles. The average molecular weight is 547 g/mol. The molecule has 2 aromatic carbocycles. The first-order chi connectivity index (χ1) is 18.1. The smallest absolute Gasteiger partial charge is 0.418 e. The minimum absolute atomic E-state index is 0.0506. The van der Waals surface area contributed by atoms with Gasteiger partial charge >= 0.3 is 6.18 Å². The number of rotatable bonds is 8. The second-order valence-corrected chi connectivity index (χ2v) is 9.16. The summed E-state index contributed by atoms with van der Waals surface area (Å²) in [5.41, 5.74) is -0.00264. The van der Waals surface area contributed by atoms with Gasteiger partial charge in [-0.1, -0.05) is 30.3 Å². The summed E-state index contributed by atoms with van der Waals surface area (Å²) in [6.45, 7) is 7.16. The summed E-state index contributed by atoms with van der Waals surface area (Å²) in [5, 5.41) is 5.30. The van der Waals surface area contributed by atoms with Crippen molar-refractivity contribution in [2.45, 2.75) is 12.7 Å². The third-order valence-corrected chi connectivity index (χ3v) is 6.11. The Labute approximate surface area is 223 Å². The van der Waals surface area contributed by atoms with Crippen molar-refractivity contribution in [3.63, 3.8) is 0 Å². The van der Waals surface area contributed by atoms with Gasteiger partial charge in [0.1, 0.15) is 10.8 Å². The fourth-order valence-corrected chi connectivity index (χ4v) is 3.97. The third-order valence-electron chi connectivity index (χ3n) is 5.85. The second kappa shape index (κ2) is 11.8. The molecule has 4 rings (SSSR count). The van der Waals surface area contributed by atoms with Crippen LogP contribution in [0.1, 0.15) is 11.1 Å². The largest absolute Gasteiger partial charge is 0.437 e. The van der Waals surface area contributed by atoms with E-state index in [2.05, 4.69) is 37.0 Å². The quantitative estimate of drug-likeness (QED) is 0.358. The standard InChI is InChI=1S/C26H26ClF3N6O2/c1-3-23(37)32-18-5-4-6-19(14-18)38-24-21(27)15-31-25(34-24)33-22-8-7-17(13-20(22)26(28,29)30)16-36-11-9-35(2)10-12-36/h3-8,13-15H,1,9-12,16H2,2H3,(H,32,37)(H,31,33,34). The SMILES string of the molecule is C=CC(=O)Nc1cccc(Oc2nc(Nc3ccc(CN4CCN(C)CC4)cc3C(F)(F)F)ncc2Cl)c1. The Morgan fingerprint density at radius 2 is 1.95 bits per heavy atom. The van der Waals surface area contributed by atoms with E-state index in [1.807, 2.05) is 7.05 Å². The highest BCUT2D eigenvalue weighted by Crippen LogP contribution is 2.37. The van der Waals surface area contributed by atoms with Gasteiger partial charge in [0.25, 0.3) is 0 Å². The number of nitrogens with one attached hydrogen (secondary N) is 2. The predicted octanol–water partition coefficient (Wildman–Crippen LogP) is 5.56. The van der Waals surface area contributed by atoms with Crippen molar-refractivity contribution >= 4 is 34.8 Å². The molecule has 8 nitrogen and oxygen atoms in total. The summed E-state index contributed by atoms with van der Waals surface area (Å²) >= 11 is 6.17. The van der Waals surface area contributed by atoms with Gasteiger partial charge in [-0.2, -0.15) is 18.2 Å². The van der Waals surface area contributed by atoms with Gasteiger partial charge in [0.05, 0.1) is 17.4 Å². The molecule has 38 heavy (non-hydrogen) atoms. The Morgan fingerprint density at radius 3 is 2.66 bits per heavy atom. The topological polar surface area (TPSA) is 82.6 Å². The first-order valence-electron chi connectivity index (χ1n) is 11.7. The molecule has 3 aromatic rings. The zero-order valence-electron chi connectivity index (χ0n) is 20.6. The number of benzene rings is 2. The highest BCUT2D eigenvalue weighted by molar-refractivity contribution is 6.31. The number of carbonyl (C=O) groups excluding carboxylic acids is 1. The van der Waals surface area contributed by atoms with Gasteiger partial charge in [-0.05, 0) is 43.0 Å². The normalized spacial score (nSPS) is 14.7. The van der Waals surface area contributed by atoms with Crippen molar-refractivity contribution in [2.75, 3.05) is 43.9 Å². The van der Waals surface area contributed by atoms with Crippen LogP contribution >= 0.6 is 11.6 Å².